The molecule has 0 aliphatic rings. The Balaban J connectivity index is 6.28. The van der Waals surface area contributed by atoms with Gasteiger partial charge in [-0.2, -0.15) is 0 Å². The van der Waals surface area contributed by atoms with Gasteiger partial charge in [-0.1, -0.05) is 20.3 Å². The molecule has 6 amide bonds. The molecule has 7 atom stereocenters. The molecule has 0 aromatic rings. The first kappa shape index (κ1) is 45.4. The summed E-state index contributed by atoms with van der Waals surface area (Å²) in [5.74, 6) is -12.2. The van der Waals surface area contributed by atoms with Gasteiger partial charge in [-0.25, -0.2) is 4.79 Å². The second kappa shape index (κ2) is 22.9. The second-order valence-electron chi connectivity index (χ2n) is 11.4. The molecular weight excluding hydrogens is 684 g/mol. The number of guanidine groups is 1. The first-order valence-electron chi connectivity index (χ1n) is 15.6. The van der Waals surface area contributed by atoms with Gasteiger partial charge in [0.2, 0.25) is 35.4 Å². The number of rotatable bonds is 25. The van der Waals surface area contributed by atoms with E-state index in [0.29, 0.717) is 0 Å². The van der Waals surface area contributed by atoms with E-state index in [1.807, 2.05) is 5.32 Å². The molecule has 0 fully saturated rings. The summed E-state index contributed by atoms with van der Waals surface area (Å²) in [4.78, 5) is 111. The minimum Gasteiger partial charge on any atom is -0.481 e. The number of aliphatic hydroxyl groups is 1. The average molecular weight is 733 g/mol. The van der Waals surface area contributed by atoms with Crippen LogP contribution in [0.25, 0.3) is 0 Å². The lowest BCUT2D eigenvalue weighted by Crippen LogP contribution is -2.60. The Morgan fingerprint density at radius 3 is 1.65 bits per heavy atom. The van der Waals surface area contributed by atoms with E-state index in [9.17, 15) is 58.5 Å². The molecule has 0 rings (SSSR count). The Morgan fingerprint density at radius 2 is 1.16 bits per heavy atom. The van der Waals surface area contributed by atoms with Crippen molar-refractivity contribution in [1.82, 2.24) is 31.9 Å². The molecular formula is C28H48N10O13. The van der Waals surface area contributed by atoms with Crippen molar-refractivity contribution in [2.24, 2.45) is 23.1 Å². The van der Waals surface area contributed by atoms with Crippen molar-refractivity contribution in [3.8, 4) is 0 Å². The predicted molar refractivity (Wildman–Crippen MR) is 174 cm³/mol. The molecule has 0 heterocycles. The molecule has 288 valence electrons. The van der Waals surface area contributed by atoms with Gasteiger partial charge in [0.15, 0.2) is 5.96 Å². The van der Waals surface area contributed by atoms with Gasteiger partial charge in [-0.15, -0.1) is 0 Å². The molecule has 0 aromatic heterocycles. The third-order valence-electron chi connectivity index (χ3n) is 7.26. The normalized spacial score (nSPS) is 14.8. The fraction of sp³-hybridized carbons (Fsp3) is 0.643. The lowest BCUT2D eigenvalue weighted by Gasteiger charge is -2.29. The van der Waals surface area contributed by atoms with Crippen LogP contribution in [-0.2, 0) is 43.2 Å². The van der Waals surface area contributed by atoms with Crippen LogP contribution in [0.15, 0.2) is 0 Å². The maximum absolute atomic E-state index is 13.6. The molecule has 0 unspecified atom stereocenters. The monoisotopic (exact) mass is 732 g/mol. The number of primary amides is 1. The van der Waals surface area contributed by atoms with Crippen LogP contribution in [0, 0.1) is 11.3 Å². The van der Waals surface area contributed by atoms with Crippen molar-refractivity contribution in [3.63, 3.8) is 0 Å². The maximum Gasteiger partial charge on any atom is 0.326 e. The summed E-state index contributed by atoms with van der Waals surface area (Å²) >= 11 is 0. The largest absolute Gasteiger partial charge is 0.481 e. The highest BCUT2D eigenvalue weighted by molar-refractivity contribution is 5.97. The van der Waals surface area contributed by atoms with E-state index in [1.54, 1.807) is 13.8 Å². The number of nitrogens with two attached hydrogens (primary N) is 3. The zero-order chi connectivity index (χ0) is 39.4. The Labute approximate surface area is 291 Å². The summed E-state index contributed by atoms with van der Waals surface area (Å²) in [6.07, 6.45) is -2.73. The number of carboxylic acids is 3. The van der Waals surface area contributed by atoms with Crippen molar-refractivity contribution in [3.05, 3.63) is 0 Å². The van der Waals surface area contributed by atoms with Crippen LogP contribution in [0.2, 0.25) is 0 Å². The summed E-state index contributed by atoms with van der Waals surface area (Å²) in [7, 11) is 0. The number of hydrogen-bond acceptors (Lipinski definition) is 12. The van der Waals surface area contributed by atoms with E-state index in [2.05, 4.69) is 26.6 Å². The van der Waals surface area contributed by atoms with E-state index < -0.39 is 128 Å². The Kier molecular flexibility index (Phi) is 20.4. The Hall–Kier alpha value is -5.58. The molecule has 0 aromatic carbocycles. The first-order valence-corrected chi connectivity index (χ1v) is 15.6. The molecule has 0 spiro atoms. The number of nitrogens with one attached hydrogen (secondary N) is 7. The lowest BCUT2D eigenvalue weighted by molar-refractivity contribution is -0.148. The molecule has 17 N–H and O–H groups in total. The summed E-state index contributed by atoms with van der Waals surface area (Å²) in [6.45, 7) is 2.63. The Bertz CT molecular complexity index is 1300. The van der Waals surface area contributed by atoms with E-state index in [1.165, 1.54) is 0 Å². The lowest BCUT2D eigenvalue weighted by atomic mass is 9.96. The minimum atomic E-state index is -1.99. The average Bonchev–Trinajstić information content (AvgIpc) is 3.04. The third kappa shape index (κ3) is 18.1. The topological polar surface area (TPSA) is 409 Å². The number of amides is 6. The summed E-state index contributed by atoms with van der Waals surface area (Å²) < 4.78 is 0. The highest BCUT2D eigenvalue weighted by Crippen LogP contribution is 2.11. The van der Waals surface area contributed by atoms with Crippen LogP contribution in [0.4, 0.5) is 0 Å². The SMILES string of the molecule is CC[C@H](C)[C@H](NC(=O)[C@H](CCCNC(=N)N)NC(=O)[C@@H](N)CO)C(=O)N[C@@H](CCC(N)=O)C(=O)N[C@@H](CC(=O)O)C(=O)N[C@@H](CC(=O)O)C(=O)O. The summed E-state index contributed by atoms with van der Waals surface area (Å²) in [5, 5.41) is 57.6. The second-order valence-corrected chi connectivity index (χ2v) is 11.4. The van der Waals surface area contributed by atoms with Crippen LogP contribution in [-0.4, -0.2) is 129 Å². The molecule has 23 heteroatoms. The summed E-state index contributed by atoms with van der Waals surface area (Å²) in [6, 6.07) is -9.72. The number of carbonyl (C=O) groups is 9. The minimum absolute atomic E-state index is 0.0449. The number of carbonyl (C=O) groups excluding carboxylic acids is 6. The number of hydrogen-bond donors (Lipinski definition) is 14. The molecule has 0 saturated carbocycles. The van der Waals surface area contributed by atoms with Crippen molar-refractivity contribution in [2.45, 2.75) is 95.0 Å². The van der Waals surface area contributed by atoms with Crippen LogP contribution in [0.3, 0.4) is 0 Å². The molecule has 0 aliphatic heterocycles. The van der Waals surface area contributed by atoms with Crippen LogP contribution >= 0.6 is 0 Å². The van der Waals surface area contributed by atoms with Crippen molar-refractivity contribution < 1.29 is 63.6 Å². The quantitative estimate of drug-likeness (QED) is 0.0236. The van der Waals surface area contributed by atoms with Crippen molar-refractivity contribution in [1.29, 1.82) is 5.41 Å². The number of carboxylic acid groups (broad SMARTS) is 3. The van der Waals surface area contributed by atoms with E-state index in [-0.39, 0.29) is 31.8 Å². The molecule has 0 saturated heterocycles. The van der Waals surface area contributed by atoms with Crippen molar-refractivity contribution >= 4 is 59.3 Å². The number of aliphatic carboxylic acids is 3. The van der Waals surface area contributed by atoms with Crippen LogP contribution in [0.5, 0.6) is 0 Å². The van der Waals surface area contributed by atoms with Crippen LogP contribution in [0.1, 0.15) is 58.8 Å². The predicted octanol–water partition coefficient (Wildman–Crippen LogP) is -5.66. The standard InChI is InChI=1S/C28H48N10O13/c1-3-12(2)21(38-24(47)14(5-4-8-33-28(31)32)34-22(45)13(29)11-39)26(49)35-15(6-7-18(30)40)23(46)36-16(9-19(41)42)25(48)37-17(27(50)51)10-20(43)44/h12-17,21,39H,3-11,29H2,1-2H3,(H2,30,40)(H,34,45)(H,35,49)(H,36,46)(H,37,48)(H,38,47)(H,41,42)(H,43,44)(H,50,51)(H4,31,32,33)/t12-,13-,14-,15-,16-,17-,21-/m0/s1. The zero-order valence-corrected chi connectivity index (χ0v) is 28.1. The zero-order valence-electron chi connectivity index (χ0n) is 28.1. The maximum atomic E-state index is 13.6. The molecule has 0 aliphatic carbocycles. The molecule has 51 heavy (non-hydrogen) atoms. The van der Waals surface area contributed by atoms with Crippen LogP contribution < -0.4 is 49.1 Å². The van der Waals surface area contributed by atoms with E-state index in [4.69, 9.17) is 27.7 Å². The number of aliphatic hydroxyl groups excluding tert-OH is 1. The highest BCUT2D eigenvalue weighted by atomic mass is 16.4. The fourth-order valence-corrected chi connectivity index (χ4v) is 4.24. The van der Waals surface area contributed by atoms with Gasteiger partial charge in [0.05, 0.1) is 19.4 Å². The first-order chi connectivity index (χ1) is 23.7. The highest BCUT2D eigenvalue weighted by Gasteiger charge is 2.35. The van der Waals surface area contributed by atoms with Gasteiger partial charge >= 0.3 is 17.9 Å². The van der Waals surface area contributed by atoms with Gasteiger partial charge in [-0.05, 0) is 25.2 Å². The van der Waals surface area contributed by atoms with Gasteiger partial charge in [0.25, 0.3) is 0 Å². The smallest absolute Gasteiger partial charge is 0.326 e. The van der Waals surface area contributed by atoms with Gasteiger partial charge in [0, 0.05) is 13.0 Å². The van der Waals surface area contributed by atoms with E-state index >= 15 is 0 Å². The van der Waals surface area contributed by atoms with Crippen molar-refractivity contribution in [2.75, 3.05) is 13.2 Å². The third-order valence-corrected chi connectivity index (χ3v) is 7.26. The fourth-order valence-electron chi connectivity index (χ4n) is 4.24. The molecule has 0 bridgehead atoms. The van der Waals surface area contributed by atoms with Gasteiger partial charge < -0.3 is 69.5 Å². The summed E-state index contributed by atoms with van der Waals surface area (Å²) in [5.41, 5.74) is 16.0. The molecule has 23 nitrogen and oxygen atoms in total. The Morgan fingerprint density at radius 1 is 0.686 bits per heavy atom. The van der Waals surface area contributed by atoms with E-state index in [0.717, 1.165) is 0 Å². The molecule has 0 radical (unpaired) electrons. The van der Waals surface area contributed by atoms with Gasteiger partial charge in [0.1, 0.15) is 36.3 Å². The van der Waals surface area contributed by atoms with Gasteiger partial charge in [-0.3, -0.25) is 43.8 Å².